The van der Waals surface area contributed by atoms with E-state index in [2.05, 4.69) is 26.2 Å². The van der Waals surface area contributed by atoms with E-state index in [1.54, 1.807) is 12.1 Å². The average Bonchev–Trinajstić information content (AvgIpc) is 2.74. The molecule has 2 aromatic rings. The van der Waals surface area contributed by atoms with Gasteiger partial charge in [-0.15, -0.1) is 0 Å². The van der Waals surface area contributed by atoms with Crippen molar-refractivity contribution in [1.82, 2.24) is 15.2 Å². The zero-order chi connectivity index (χ0) is 20.2. The minimum absolute atomic E-state index is 0.308. The van der Waals surface area contributed by atoms with E-state index in [-0.39, 0.29) is 5.82 Å². The number of nitrogens with zero attached hydrogens (tertiary/aromatic N) is 3. The van der Waals surface area contributed by atoms with Crippen LogP contribution in [0.15, 0.2) is 36.5 Å². The van der Waals surface area contributed by atoms with Gasteiger partial charge in [-0.05, 0) is 49.7 Å². The Balaban J connectivity index is 1.22. The van der Waals surface area contributed by atoms with Gasteiger partial charge in [0.2, 0.25) is 0 Å². The van der Waals surface area contributed by atoms with Crippen molar-refractivity contribution in [2.45, 2.75) is 25.4 Å². The number of rotatable bonds is 6. The first-order valence-electron chi connectivity index (χ1n) is 10.1. The average molecular weight is 402 g/mol. The first-order chi connectivity index (χ1) is 14.1. The second-order valence-corrected chi connectivity index (χ2v) is 7.65. The van der Waals surface area contributed by atoms with Crippen molar-refractivity contribution >= 4 is 11.8 Å². The van der Waals surface area contributed by atoms with E-state index >= 15 is 0 Å². The van der Waals surface area contributed by atoms with Crippen LogP contribution in [0.1, 0.15) is 24.1 Å². The minimum atomic E-state index is -0.813. The summed E-state index contributed by atoms with van der Waals surface area (Å²) in [6.07, 6.45) is 7.27. The number of fused-ring (bicyclic) bond motifs is 1. The zero-order valence-electron chi connectivity index (χ0n) is 16.3. The van der Waals surface area contributed by atoms with Gasteiger partial charge in [-0.1, -0.05) is 12.1 Å². The highest BCUT2D eigenvalue weighted by Gasteiger charge is 2.21. The maximum atomic E-state index is 13.6. The van der Waals surface area contributed by atoms with Crippen LogP contribution in [0.25, 0.3) is 6.08 Å². The number of likely N-dealkylation sites (tertiary alicyclic amines) is 1. The van der Waals surface area contributed by atoms with Crippen molar-refractivity contribution in [2.75, 3.05) is 37.6 Å². The van der Waals surface area contributed by atoms with Gasteiger partial charge in [-0.2, -0.15) is 0 Å². The van der Waals surface area contributed by atoms with E-state index in [0.29, 0.717) is 12.6 Å². The van der Waals surface area contributed by atoms with Gasteiger partial charge in [0.25, 0.3) is 0 Å². The third-order valence-electron chi connectivity index (χ3n) is 5.66. The van der Waals surface area contributed by atoms with Gasteiger partial charge < -0.3 is 15.1 Å². The Morgan fingerprint density at radius 1 is 1.03 bits per heavy atom. The summed E-state index contributed by atoms with van der Waals surface area (Å²) in [6, 6.07) is 5.96. The van der Waals surface area contributed by atoms with Crippen molar-refractivity contribution in [3.8, 4) is 0 Å². The Labute approximate surface area is 169 Å². The molecule has 3 heterocycles. The Hall–Kier alpha value is -2.38. The number of anilines is 1. The van der Waals surface area contributed by atoms with Crippen LogP contribution < -0.4 is 10.2 Å². The SMILES string of the molecule is Fc1cnc2c(c1)N(CCN1CCC(NCc3ccc(F)c(F)c3)CC1)CC=C2. The van der Waals surface area contributed by atoms with Crippen LogP contribution >= 0.6 is 0 Å². The van der Waals surface area contributed by atoms with Gasteiger partial charge in [0.05, 0.1) is 17.6 Å². The Morgan fingerprint density at radius 3 is 2.66 bits per heavy atom. The smallest absolute Gasteiger partial charge is 0.159 e. The lowest BCUT2D eigenvalue weighted by atomic mass is 10.0. The summed E-state index contributed by atoms with van der Waals surface area (Å²) in [4.78, 5) is 8.74. The van der Waals surface area contributed by atoms with Crippen molar-refractivity contribution in [3.63, 3.8) is 0 Å². The fourth-order valence-electron chi connectivity index (χ4n) is 3.96. The molecule has 0 bridgehead atoms. The van der Waals surface area contributed by atoms with Crippen molar-refractivity contribution in [3.05, 3.63) is 65.2 Å². The summed E-state index contributed by atoms with van der Waals surface area (Å²) in [5.41, 5.74) is 2.43. The molecule has 2 aliphatic rings. The van der Waals surface area contributed by atoms with Gasteiger partial charge in [-0.25, -0.2) is 13.2 Å². The first-order valence-corrected chi connectivity index (χ1v) is 10.1. The van der Waals surface area contributed by atoms with Crippen LogP contribution in [-0.2, 0) is 6.54 Å². The summed E-state index contributed by atoms with van der Waals surface area (Å²) >= 11 is 0. The molecule has 2 aliphatic heterocycles. The van der Waals surface area contributed by atoms with Crippen LogP contribution in [0.5, 0.6) is 0 Å². The zero-order valence-corrected chi connectivity index (χ0v) is 16.3. The van der Waals surface area contributed by atoms with Crippen molar-refractivity contribution in [2.24, 2.45) is 0 Å². The van der Waals surface area contributed by atoms with E-state index < -0.39 is 11.6 Å². The molecule has 154 valence electrons. The van der Waals surface area contributed by atoms with Gasteiger partial charge in [0.1, 0.15) is 5.82 Å². The molecular formula is C22H25F3N4. The molecule has 1 N–H and O–H groups in total. The topological polar surface area (TPSA) is 31.4 Å². The highest BCUT2D eigenvalue weighted by Crippen LogP contribution is 2.24. The fraction of sp³-hybridized carbons (Fsp3) is 0.409. The monoisotopic (exact) mass is 402 g/mol. The highest BCUT2D eigenvalue weighted by atomic mass is 19.2. The third-order valence-corrected chi connectivity index (χ3v) is 5.66. The summed E-state index contributed by atoms with van der Waals surface area (Å²) < 4.78 is 39.9. The predicted octanol–water partition coefficient (Wildman–Crippen LogP) is 3.59. The largest absolute Gasteiger partial charge is 0.365 e. The normalized spacial score (nSPS) is 17.6. The Kier molecular flexibility index (Phi) is 6.16. The molecule has 0 atom stereocenters. The van der Waals surface area contributed by atoms with Gasteiger partial charge in [-0.3, -0.25) is 4.98 Å². The molecule has 0 unspecified atom stereocenters. The third kappa shape index (κ3) is 4.97. The van der Waals surface area contributed by atoms with Crippen LogP contribution in [0.3, 0.4) is 0 Å². The molecule has 1 fully saturated rings. The van der Waals surface area contributed by atoms with Crippen LogP contribution in [0, 0.1) is 17.5 Å². The first kappa shape index (κ1) is 19.9. The molecule has 1 aromatic heterocycles. The van der Waals surface area contributed by atoms with E-state index in [4.69, 9.17) is 0 Å². The van der Waals surface area contributed by atoms with Gasteiger partial charge >= 0.3 is 0 Å². The molecule has 7 heteroatoms. The fourth-order valence-corrected chi connectivity index (χ4v) is 3.96. The number of aromatic nitrogens is 1. The maximum absolute atomic E-state index is 13.6. The Morgan fingerprint density at radius 2 is 1.86 bits per heavy atom. The molecule has 0 spiro atoms. The molecule has 0 saturated carbocycles. The van der Waals surface area contributed by atoms with Crippen molar-refractivity contribution in [1.29, 1.82) is 0 Å². The number of hydrogen-bond acceptors (Lipinski definition) is 4. The second-order valence-electron chi connectivity index (χ2n) is 7.65. The molecule has 1 saturated heterocycles. The molecule has 1 aromatic carbocycles. The number of pyridine rings is 1. The summed E-state index contributed by atoms with van der Waals surface area (Å²) in [5.74, 6) is -1.92. The van der Waals surface area contributed by atoms with Crippen LogP contribution in [-0.4, -0.2) is 48.6 Å². The number of benzene rings is 1. The summed E-state index contributed by atoms with van der Waals surface area (Å²) in [5, 5.41) is 3.44. The van der Waals surface area contributed by atoms with Crippen LogP contribution in [0.4, 0.5) is 18.9 Å². The Bertz CT molecular complexity index is 878. The van der Waals surface area contributed by atoms with E-state index in [0.717, 1.165) is 62.5 Å². The van der Waals surface area contributed by atoms with E-state index in [1.165, 1.54) is 18.3 Å². The molecular weight excluding hydrogens is 377 g/mol. The lowest BCUT2D eigenvalue weighted by Crippen LogP contribution is -2.45. The van der Waals surface area contributed by atoms with E-state index in [9.17, 15) is 13.2 Å². The molecule has 29 heavy (non-hydrogen) atoms. The predicted molar refractivity (Wildman–Crippen MR) is 108 cm³/mol. The van der Waals surface area contributed by atoms with Gasteiger partial charge in [0, 0.05) is 38.3 Å². The molecule has 0 radical (unpaired) electrons. The molecule has 0 amide bonds. The lowest BCUT2D eigenvalue weighted by Gasteiger charge is -2.35. The number of nitrogens with one attached hydrogen (secondary N) is 1. The summed E-state index contributed by atoms with van der Waals surface area (Å²) in [7, 11) is 0. The molecule has 0 aliphatic carbocycles. The van der Waals surface area contributed by atoms with E-state index in [1.807, 2.05) is 6.08 Å². The van der Waals surface area contributed by atoms with Crippen molar-refractivity contribution < 1.29 is 13.2 Å². The standard InChI is InChI=1S/C22H25F3N4/c23-17-13-22-21(27-15-17)2-1-7-29(22)11-10-28-8-5-18(6-9-28)26-14-16-3-4-19(24)20(25)12-16/h1-4,12-13,15,18,26H,5-11,14H2. The quantitative estimate of drug-likeness (QED) is 0.800. The van der Waals surface area contributed by atoms with Crippen LogP contribution in [0.2, 0.25) is 0 Å². The molecule has 4 rings (SSSR count). The lowest BCUT2D eigenvalue weighted by molar-refractivity contribution is 0.201. The van der Waals surface area contributed by atoms with Gasteiger partial charge in [0.15, 0.2) is 11.6 Å². The minimum Gasteiger partial charge on any atom is -0.365 e. The highest BCUT2D eigenvalue weighted by molar-refractivity contribution is 5.68. The second kappa shape index (κ2) is 8.97. The summed E-state index contributed by atoms with van der Waals surface area (Å²) in [6.45, 7) is 5.01. The maximum Gasteiger partial charge on any atom is 0.159 e. The number of piperidine rings is 1. The number of hydrogen-bond donors (Lipinski definition) is 1. The molecule has 4 nitrogen and oxygen atoms in total. The number of halogens is 3.